The number of carbonyl (C=O) groups is 4. The van der Waals surface area contributed by atoms with Crippen LogP contribution in [0.4, 0.5) is 0 Å². The maximum absolute atomic E-state index is 14.9. The fourth-order valence-electron chi connectivity index (χ4n) is 8.86. The number of rotatable bonds is 12. The van der Waals surface area contributed by atoms with Crippen molar-refractivity contribution in [3.05, 3.63) is 130 Å². The summed E-state index contributed by atoms with van der Waals surface area (Å²) in [5.74, 6) is -2.10. The summed E-state index contributed by atoms with van der Waals surface area (Å²) in [7, 11) is 5.95. The number of hydrogen-bond donors (Lipinski definition) is 3. The number of amides is 3. The van der Waals surface area contributed by atoms with Gasteiger partial charge in [-0.25, -0.2) is 4.98 Å². The minimum Gasteiger partial charge on any atom is -0.457 e. The first-order valence-corrected chi connectivity index (χ1v) is 22.6. The number of carbonyl (C=O) groups excluding carboxylic acids is 4. The number of piperidine rings is 1. The molecular formula is C49H56Cl2N7O7+. The van der Waals surface area contributed by atoms with Crippen molar-refractivity contribution < 1.29 is 39.0 Å². The molecule has 2 bridgehead atoms. The molecule has 16 heteroatoms. The van der Waals surface area contributed by atoms with Crippen LogP contribution in [0.5, 0.6) is 11.5 Å². The van der Waals surface area contributed by atoms with Crippen molar-refractivity contribution in [3.8, 4) is 22.8 Å². The molecule has 7 rings (SSSR count). The Bertz CT molecular complexity index is 2520. The lowest BCUT2D eigenvalue weighted by molar-refractivity contribution is -0.909. The number of nitrogens with one attached hydrogen (secondary N) is 1. The molecule has 14 nitrogen and oxygen atoms in total. The zero-order chi connectivity index (χ0) is 46.4. The zero-order valence-corrected chi connectivity index (χ0v) is 38.6. The quantitative estimate of drug-likeness (QED) is 0.100. The number of fused-ring (bicyclic) bond motifs is 2. The lowest BCUT2D eigenvalue weighted by Gasteiger charge is -2.45. The summed E-state index contributed by atoms with van der Waals surface area (Å²) in [6.45, 7) is 2.06. The second-order valence-corrected chi connectivity index (χ2v) is 18.4. The number of pyridine rings is 1. The minimum atomic E-state index is -1.12. The normalized spacial score (nSPS) is 21.1. The molecule has 0 saturated carbocycles. The number of halogens is 2. The summed E-state index contributed by atoms with van der Waals surface area (Å²) < 4.78 is 9.42. The van der Waals surface area contributed by atoms with E-state index in [9.17, 15) is 29.5 Å². The Hall–Kier alpha value is -5.80. The van der Waals surface area contributed by atoms with E-state index in [0.29, 0.717) is 65.2 Å². The number of aliphatic hydroxyl groups excluding tert-OH is 1. The molecule has 0 radical (unpaired) electrons. The average Bonchev–Trinajstić information content (AvgIpc) is 3.64. The van der Waals surface area contributed by atoms with Crippen LogP contribution in [0.2, 0.25) is 10.0 Å². The number of benzene rings is 3. The second-order valence-electron chi connectivity index (χ2n) is 17.6. The van der Waals surface area contributed by atoms with E-state index in [1.54, 1.807) is 60.4 Å². The molecule has 5 aromatic rings. The molecule has 65 heavy (non-hydrogen) atoms. The number of imidazole rings is 1. The number of hydrogen-bond acceptors (Lipinski definition) is 9. The van der Waals surface area contributed by atoms with Gasteiger partial charge in [-0.2, -0.15) is 0 Å². The lowest BCUT2D eigenvalue weighted by atomic mass is 9.81. The predicted octanol–water partition coefficient (Wildman–Crippen LogP) is 6.04. The lowest BCUT2D eigenvalue weighted by Crippen LogP contribution is -2.63. The van der Waals surface area contributed by atoms with Gasteiger partial charge in [-0.1, -0.05) is 41.4 Å². The summed E-state index contributed by atoms with van der Waals surface area (Å²) in [4.78, 5) is 68.1. The van der Waals surface area contributed by atoms with E-state index in [4.69, 9.17) is 27.9 Å². The van der Waals surface area contributed by atoms with Gasteiger partial charge >= 0.3 is 0 Å². The molecule has 0 spiro atoms. The number of ketones is 1. The van der Waals surface area contributed by atoms with Crippen molar-refractivity contribution in [1.82, 2.24) is 29.6 Å². The summed E-state index contributed by atoms with van der Waals surface area (Å²) in [6.07, 6.45) is 4.09. The smallest absolute Gasteiger partial charge is 0.234 e. The van der Waals surface area contributed by atoms with Crippen molar-refractivity contribution in [2.24, 2.45) is 18.9 Å². The van der Waals surface area contributed by atoms with E-state index in [0.717, 1.165) is 27.4 Å². The number of nitrogens with zero attached hydrogens (tertiary/aromatic N) is 6. The molecule has 0 unspecified atom stereocenters. The fourth-order valence-corrected chi connectivity index (χ4v) is 9.14. The van der Waals surface area contributed by atoms with Crippen molar-refractivity contribution in [2.45, 2.75) is 70.1 Å². The third-order valence-corrected chi connectivity index (χ3v) is 12.9. The average molecular weight is 926 g/mol. The van der Waals surface area contributed by atoms with Gasteiger partial charge in [0.05, 0.1) is 55.0 Å². The predicted molar refractivity (Wildman–Crippen MR) is 245 cm³/mol. The molecule has 0 aliphatic carbocycles. The van der Waals surface area contributed by atoms with Crippen molar-refractivity contribution in [1.29, 1.82) is 0 Å². The van der Waals surface area contributed by atoms with E-state index in [2.05, 4.69) is 15.2 Å². The molecule has 2 saturated heterocycles. The third-order valence-electron chi connectivity index (χ3n) is 12.5. The molecule has 2 aliphatic heterocycles. The standard InChI is InChI=1S/C49H55Cl2N7O7/c1-32-43(60)23-37(30-59)47(62)53-49(26-33-9-14-38(50)15-10-33)19-7-20-56(31-49)48(63)36(22-40-8-5-6-21-58(40)64)24-46(61)57(32)28-35-11-16-39(51)25-44(35)65-41-17-12-34(13-18-41)42-27-52-45(55(42)4)29-54(2)3/h5-6,8-18,21,25,27,32,36-37,59H,7,19-20,22-24,26,28-31H2,1-4H3,(H-,53,62,64)/p+1/t32-,36+,37-,49+/m0/s1. The van der Waals surface area contributed by atoms with Crippen LogP contribution < -0.4 is 14.8 Å². The van der Waals surface area contributed by atoms with Gasteiger partial charge in [0.25, 0.3) is 0 Å². The topological polar surface area (TPSA) is 161 Å². The number of aromatic nitrogens is 3. The van der Waals surface area contributed by atoms with Crippen LogP contribution in [-0.2, 0) is 52.2 Å². The van der Waals surface area contributed by atoms with Crippen LogP contribution in [0.15, 0.2) is 97.3 Å². The molecule has 4 atom stereocenters. The molecule has 342 valence electrons. The first kappa shape index (κ1) is 47.2. The summed E-state index contributed by atoms with van der Waals surface area (Å²) >= 11 is 12.7. The van der Waals surface area contributed by atoms with Gasteiger partial charge in [0.15, 0.2) is 5.78 Å². The van der Waals surface area contributed by atoms with Crippen LogP contribution in [0, 0.1) is 11.8 Å². The minimum absolute atomic E-state index is 0.0127. The highest BCUT2D eigenvalue weighted by molar-refractivity contribution is 6.31. The van der Waals surface area contributed by atoms with E-state index >= 15 is 0 Å². The van der Waals surface area contributed by atoms with E-state index in [-0.39, 0.29) is 38.3 Å². The Morgan fingerprint density at radius 3 is 2.40 bits per heavy atom. The van der Waals surface area contributed by atoms with E-state index in [1.807, 2.05) is 68.3 Å². The van der Waals surface area contributed by atoms with Gasteiger partial charge in [0.2, 0.25) is 29.6 Å². The van der Waals surface area contributed by atoms with E-state index < -0.39 is 47.6 Å². The Morgan fingerprint density at radius 1 is 0.954 bits per heavy atom. The van der Waals surface area contributed by atoms with Gasteiger partial charge in [-0.15, -0.1) is 0 Å². The van der Waals surface area contributed by atoms with Crippen LogP contribution in [0.1, 0.15) is 55.3 Å². The molecule has 4 heterocycles. The molecule has 2 aromatic heterocycles. The molecule has 3 amide bonds. The Labute approximate surface area is 389 Å². The van der Waals surface area contributed by atoms with Crippen molar-refractivity contribution in [3.63, 3.8) is 0 Å². The molecule has 3 N–H and O–H groups in total. The van der Waals surface area contributed by atoms with Gasteiger partial charge in [-0.05, 0) is 100 Å². The van der Waals surface area contributed by atoms with Crippen LogP contribution in [0.3, 0.4) is 0 Å². The maximum Gasteiger partial charge on any atom is 0.234 e. The zero-order valence-electron chi connectivity index (χ0n) is 37.1. The highest BCUT2D eigenvalue weighted by Gasteiger charge is 2.43. The largest absolute Gasteiger partial charge is 0.457 e. The SMILES string of the molecule is C[C@H]1C(=O)C[C@@H](CO)C(=O)N[C@@]2(Cc3ccc(Cl)cc3)CCCN(C2)C(=O)[C@H](Cc2cccc[n+]2O)CC(=O)N1Cc1ccc(Cl)cc1Oc1ccc(-c2cnc(CN(C)C)n2C)cc1. The second kappa shape index (κ2) is 20.6. The highest BCUT2D eigenvalue weighted by atomic mass is 35.5. The summed E-state index contributed by atoms with van der Waals surface area (Å²) in [6, 6.07) is 23.8. The van der Waals surface area contributed by atoms with Crippen LogP contribution in [0.25, 0.3) is 11.3 Å². The first-order valence-electron chi connectivity index (χ1n) is 21.8. The van der Waals surface area contributed by atoms with Crippen LogP contribution in [-0.4, -0.2) is 103 Å². The van der Waals surface area contributed by atoms with Crippen molar-refractivity contribution >= 4 is 46.7 Å². The Balaban J connectivity index is 1.22. The fraction of sp³-hybridized carbons (Fsp3) is 0.388. The van der Waals surface area contributed by atoms with Gasteiger partial charge in [0.1, 0.15) is 17.3 Å². The summed E-state index contributed by atoms with van der Waals surface area (Å²) in [5.41, 5.74) is 2.75. The number of aliphatic hydroxyl groups is 1. The first-order chi connectivity index (χ1) is 31.1. The van der Waals surface area contributed by atoms with Crippen LogP contribution >= 0.6 is 23.2 Å². The summed E-state index contributed by atoms with van der Waals surface area (Å²) in [5, 5.41) is 25.5. The molecular weight excluding hydrogens is 869 g/mol. The number of ether oxygens (including phenoxy) is 1. The monoisotopic (exact) mass is 924 g/mol. The maximum atomic E-state index is 14.9. The van der Waals surface area contributed by atoms with Gasteiger partial charge in [0, 0.05) is 77.4 Å². The molecule has 3 aromatic carbocycles. The van der Waals surface area contributed by atoms with Gasteiger partial charge < -0.3 is 34.4 Å². The Kier molecular flexibility index (Phi) is 14.9. The van der Waals surface area contributed by atoms with Gasteiger partial charge in [-0.3, -0.25) is 24.4 Å². The number of Topliss-reactive ketones (excluding diaryl/α,β-unsaturated/α-hetero) is 1. The molecule has 2 aliphatic rings. The third kappa shape index (κ3) is 11.4. The Morgan fingerprint density at radius 2 is 1.69 bits per heavy atom. The van der Waals surface area contributed by atoms with Crippen molar-refractivity contribution in [2.75, 3.05) is 33.8 Å². The molecule has 2 fully saturated rings. The highest BCUT2D eigenvalue weighted by Crippen LogP contribution is 2.34. The van der Waals surface area contributed by atoms with E-state index in [1.165, 1.54) is 11.1 Å².